The van der Waals surface area contributed by atoms with Gasteiger partial charge in [-0.15, -0.1) is 11.3 Å². The van der Waals surface area contributed by atoms with E-state index in [-0.39, 0.29) is 15.0 Å². The minimum absolute atomic E-state index is 0.127. The van der Waals surface area contributed by atoms with Gasteiger partial charge in [-0.1, -0.05) is 17.7 Å². The second-order valence-corrected chi connectivity index (χ2v) is 6.09. The van der Waals surface area contributed by atoms with Gasteiger partial charge in [0.1, 0.15) is 4.21 Å². The molecule has 0 fully saturated rings. The zero-order valence-corrected chi connectivity index (χ0v) is 10.3. The zero-order chi connectivity index (χ0) is 11.6. The second-order valence-electron chi connectivity index (χ2n) is 2.88. The van der Waals surface area contributed by atoms with Gasteiger partial charge < -0.3 is 0 Å². The molecule has 2 aromatic rings. The molecular formula is C9H7ClN2O2S2. The van der Waals surface area contributed by atoms with Crippen LogP contribution in [0, 0.1) is 0 Å². The summed E-state index contributed by atoms with van der Waals surface area (Å²) in [5.41, 5.74) is 0.276. The maximum absolute atomic E-state index is 11.8. The monoisotopic (exact) mass is 274 g/mol. The maximum atomic E-state index is 11.8. The molecule has 0 unspecified atom stereocenters. The molecule has 0 atom stereocenters. The van der Waals surface area contributed by atoms with Crippen LogP contribution in [-0.4, -0.2) is 13.4 Å². The van der Waals surface area contributed by atoms with Crippen LogP contribution in [0.2, 0.25) is 5.15 Å². The van der Waals surface area contributed by atoms with Gasteiger partial charge >= 0.3 is 0 Å². The Kier molecular flexibility index (Phi) is 3.13. The highest BCUT2D eigenvalue weighted by atomic mass is 35.5. The fourth-order valence-electron chi connectivity index (χ4n) is 1.07. The van der Waals surface area contributed by atoms with Crippen molar-refractivity contribution >= 4 is 38.6 Å². The quantitative estimate of drug-likeness (QED) is 0.875. The van der Waals surface area contributed by atoms with Crippen molar-refractivity contribution in [2.24, 2.45) is 0 Å². The number of nitrogens with one attached hydrogen (secondary N) is 1. The number of hydrogen-bond acceptors (Lipinski definition) is 4. The lowest BCUT2D eigenvalue weighted by Gasteiger charge is -2.06. The first-order valence-corrected chi connectivity index (χ1v) is 7.00. The van der Waals surface area contributed by atoms with E-state index in [2.05, 4.69) is 9.71 Å². The fourth-order valence-corrected chi connectivity index (χ4v) is 3.36. The van der Waals surface area contributed by atoms with E-state index in [0.29, 0.717) is 0 Å². The van der Waals surface area contributed by atoms with Crippen LogP contribution in [0.1, 0.15) is 0 Å². The molecule has 0 amide bonds. The molecule has 0 saturated carbocycles. The summed E-state index contributed by atoms with van der Waals surface area (Å²) in [5, 5.41) is 1.82. The molecule has 0 saturated heterocycles. The Bertz CT molecular complexity index is 581. The summed E-state index contributed by atoms with van der Waals surface area (Å²) < 4.78 is 26.3. The first-order chi connectivity index (χ1) is 7.59. The van der Waals surface area contributed by atoms with E-state index in [1.165, 1.54) is 12.3 Å². The van der Waals surface area contributed by atoms with Gasteiger partial charge in [-0.3, -0.25) is 4.72 Å². The number of nitrogens with zero attached hydrogens (tertiary/aromatic N) is 1. The number of aromatic nitrogens is 1. The third-order valence-corrected chi connectivity index (χ3v) is 4.83. The van der Waals surface area contributed by atoms with Crippen molar-refractivity contribution < 1.29 is 8.42 Å². The number of hydrogen-bond donors (Lipinski definition) is 1. The Balaban J connectivity index is 2.33. The number of pyridine rings is 1. The van der Waals surface area contributed by atoms with Crippen molar-refractivity contribution in [2.45, 2.75) is 4.21 Å². The molecule has 0 aliphatic heterocycles. The van der Waals surface area contributed by atoms with E-state index in [4.69, 9.17) is 11.6 Å². The summed E-state index contributed by atoms with van der Waals surface area (Å²) in [4.78, 5) is 3.79. The average Bonchev–Trinajstić information content (AvgIpc) is 2.75. The number of sulfonamides is 1. The highest BCUT2D eigenvalue weighted by molar-refractivity contribution is 7.94. The lowest BCUT2D eigenvalue weighted by Crippen LogP contribution is -2.11. The minimum Gasteiger partial charge on any atom is -0.276 e. The van der Waals surface area contributed by atoms with Crippen LogP contribution in [-0.2, 0) is 10.0 Å². The van der Waals surface area contributed by atoms with Crippen LogP contribution in [0.5, 0.6) is 0 Å². The Morgan fingerprint density at radius 3 is 2.75 bits per heavy atom. The fraction of sp³-hybridized carbons (Fsp3) is 0. The summed E-state index contributed by atoms with van der Waals surface area (Å²) in [5.74, 6) is 0. The number of rotatable bonds is 3. The predicted molar refractivity (Wildman–Crippen MR) is 64.4 cm³/mol. The summed E-state index contributed by atoms with van der Waals surface area (Å²) >= 11 is 6.90. The molecule has 84 valence electrons. The van der Waals surface area contributed by atoms with Crippen LogP contribution < -0.4 is 4.72 Å². The van der Waals surface area contributed by atoms with Crippen molar-refractivity contribution in [1.29, 1.82) is 0 Å². The molecule has 2 rings (SSSR count). The molecule has 0 aliphatic rings. The molecule has 2 heterocycles. The number of anilines is 1. The molecule has 1 N–H and O–H groups in total. The smallest absolute Gasteiger partial charge is 0.271 e. The van der Waals surface area contributed by atoms with Crippen molar-refractivity contribution in [2.75, 3.05) is 4.72 Å². The molecule has 0 radical (unpaired) electrons. The largest absolute Gasteiger partial charge is 0.276 e. The zero-order valence-electron chi connectivity index (χ0n) is 7.92. The van der Waals surface area contributed by atoms with Gasteiger partial charge in [0.25, 0.3) is 10.0 Å². The van der Waals surface area contributed by atoms with Crippen molar-refractivity contribution in [3.63, 3.8) is 0 Å². The van der Waals surface area contributed by atoms with E-state index < -0.39 is 10.0 Å². The third-order valence-electron chi connectivity index (χ3n) is 1.76. The van der Waals surface area contributed by atoms with Crippen LogP contribution in [0.3, 0.4) is 0 Å². The first kappa shape index (κ1) is 11.4. The minimum atomic E-state index is -3.55. The van der Waals surface area contributed by atoms with Gasteiger partial charge in [0.15, 0.2) is 5.15 Å². The highest BCUT2D eigenvalue weighted by Gasteiger charge is 2.16. The third kappa shape index (κ3) is 2.34. The Hall–Kier alpha value is -1.11. The highest BCUT2D eigenvalue weighted by Crippen LogP contribution is 2.23. The van der Waals surface area contributed by atoms with Crippen molar-refractivity contribution in [3.8, 4) is 0 Å². The van der Waals surface area contributed by atoms with Gasteiger partial charge in [-0.25, -0.2) is 13.4 Å². The average molecular weight is 275 g/mol. The van der Waals surface area contributed by atoms with Crippen molar-refractivity contribution in [1.82, 2.24) is 4.98 Å². The van der Waals surface area contributed by atoms with Crippen LogP contribution >= 0.6 is 22.9 Å². The van der Waals surface area contributed by atoms with Crippen LogP contribution in [0.4, 0.5) is 5.69 Å². The van der Waals surface area contributed by atoms with E-state index >= 15 is 0 Å². The SMILES string of the molecule is O=S(=O)(Nc1cccnc1Cl)c1cccs1. The topological polar surface area (TPSA) is 59.1 Å². The number of halogens is 1. The summed E-state index contributed by atoms with van der Waals surface area (Å²) in [6.07, 6.45) is 1.49. The second kappa shape index (κ2) is 4.40. The van der Waals surface area contributed by atoms with Crippen LogP contribution in [0.25, 0.3) is 0 Å². The molecule has 2 aromatic heterocycles. The van der Waals surface area contributed by atoms with E-state index in [0.717, 1.165) is 11.3 Å². The summed E-state index contributed by atoms with van der Waals surface area (Å²) in [7, 11) is -3.55. The van der Waals surface area contributed by atoms with Gasteiger partial charge in [-0.2, -0.15) is 0 Å². The molecule has 4 nitrogen and oxygen atoms in total. The van der Waals surface area contributed by atoms with Crippen molar-refractivity contribution in [3.05, 3.63) is 41.0 Å². The number of thiophene rings is 1. The lowest BCUT2D eigenvalue weighted by atomic mass is 10.4. The molecule has 7 heteroatoms. The molecule has 0 aliphatic carbocycles. The maximum Gasteiger partial charge on any atom is 0.271 e. The molecule has 0 spiro atoms. The predicted octanol–water partition coefficient (Wildman–Crippen LogP) is 2.60. The molecule has 0 aromatic carbocycles. The van der Waals surface area contributed by atoms with Gasteiger partial charge in [0, 0.05) is 6.20 Å². The molecule has 16 heavy (non-hydrogen) atoms. The molecular weight excluding hydrogens is 268 g/mol. The Morgan fingerprint density at radius 2 is 2.12 bits per heavy atom. The Morgan fingerprint density at radius 1 is 1.31 bits per heavy atom. The Labute approximate surface area is 102 Å². The summed E-state index contributed by atoms with van der Waals surface area (Å²) in [6.45, 7) is 0. The summed E-state index contributed by atoms with van der Waals surface area (Å²) in [6, 6.07) is 6.36. The van der Waals surface area contributed by atoms with Crippen LogP contribution in [0.15, 0.2) is 40.1 Å². The standard InChI is InChI=1S/C9H7ClN2O2S2/c10-9-7(3-1-5-11-9)12-16(13,14)8-4-2-6-15-8/h1-6,12H. The van der Waals surface area contributed by atoms with E-state index in [9.17, 15) is 8.42 Å². The lowest BCUT2D eigenvalue weighted by molar-refractivity contribution is 0.603. The van der Waals surface area contributed by atoms with E-state index in [1.54, 1.807) is 23.6 Å². The normalized spacial score (nSPS) is 11.3. The van der Waals surface area contributed by atoms with Gasteiger partial charge in [-0.05, 0) is 23.6 Å². The first-order valence-electron chi connectivity index (χ1n) is 4.26. The van der Waals surface area contributed by atoms with E-state index in [1.807, 2.05) is 0 Å². The van der Waals surface area contributed by atoms with Gasteiger partial charge in [0.05, 0.1) is 5.69 Å². The van der Waals surface area contributed by atoms with Gasteiger partial charge in [0.2, 0.25) is 0 Å². The molecule has 0 bridgehead atoms.